The van der Waals surface area contributed by atoms with E-state index in [1.54, 1.807) is 13.2 Å². The molecule has 84 valence electrons. The van der Waals surface area contributed by atoms with Gasteiger partial charge in [0.1, 0.15) is 0 Å². The van der Waals surface area contributed by atoms with Gasteiger partial charge in [-0.25, -0.2) is 0 Å². The zero-order valence-electron chi connectivity index (χ0n) is 9.66. The predicted molar refractivity (Wildman–Crippen MR) is 61.5 cm³/mol. The summed E-state index contributed by atoms with van der Waals surface area (Å²) in [6.07, 6.45) is 2.12. The first kappa shape index (κ1) is 11.9. The van der Waals surface area contributed by atoms with Crippen LogP contribution >= 0.6 is 0 Å². The minimum atomic E-state index is 0.203. The Morgan fingerprint density at radius 3 is 2.67 bits per heavy atom. The summed E-state index contributed by atoms with van der Waals surface area (Å²) in [6.45, 7) is 1.07. The van der Waals surface area contributed by atoms with Crippen LogP contribution in [0.25, 0.3) is 0 Å². The van der Waals surface area contributed by atoms with Crippen LogP contribution in [0, 0.1) is 0 Å². The van der Waals surface area contributed by atoms with Crippen molar-refractivity contribution in [2.24, 2.45) is 0 Å². The third-order valence-electron chi connectivity index (χ3n) is 2.31. The van der Waals surface area contributed by atoms with Crippen molar-refractivity contribution < 1.29 is 9.84 Å². The van der Waals surface area contributed by atoms with Crippen molar-refractivity contribution in [1.29, 1.82) is 0 Å². The molecule has 0 saturated carbocycles. The van der Waals surface area contributed by atoms with Crippen molar-refractivity contribution in [2.75, 3.05) is 27.7 Å². The molecule has 0 aliphatic carbocycles. The van der Waals surface area contributed by atoms with Crippen LogP contribution in [0.5, 0.6) is 11.5 Å². The second kappa shape index (κ2) is 5.61. The lowest BCUT2D eigenvalue weighted by Crippen LogP contribution is -2.13. The molecular weight excluding hydrogens is 190 g/mol. The van der Waals surface area contributed by atoms with Crippen LogP contribution in [0.3, 0.4) is 0 Å². The van der Waals surface area contributed by atoms with Gasteiger partial charge in [-0.2, -0.15) is 0 Å². The fourth-order valence-electron chi connectivity index (χ4n) is 1.48. The molecule has 0 aliphatic rings. The van der Waals surface area contributed by atoms with Crippen molar-refractivity contribution in [3.8, 4) is 11.5 Å². The number of phenolic OH excluding ortho intramolecular Hbond substituents is 1. The highest BCUT2D eigenvalue weighted by Gasteiger charge is 2.02. The Morgan fingerprint density at radius 1 is 1.33 bits per heavy atom. The SMILES string of the molecule is COc1cc(CCCN(C)C)ccc1O. The third-order valence-corrected chi connectivity index (χ3v) is 2.31. The molecule has 0 unspecified atom stereocenters. The number of ether oxygens (including phenoxy) is 1. The van der Waals surface area contributed by atoms with E-state index in [1.165, 1.54) is 5.56 Å². The normalized spacial score (nSPS) is 10.7. The smallest absolute Gasteiger partial charge is 0.160 e. The monoisotopic (exact) mass is 209 g/mol. The molecule has 0 atom stereocenters. The Hall–Kier alpha value is -1.22. The number of phenols is 1. The molecule has 0 bridgehead atoms. The van der Waals surface area contributed by atoms with Gasteiger partial charge in [-0.05, 0) is 51.2 Å². The lowest BCUT2D eigenvalue weighted by molar-refractivity contribution is 0.372. The highest BCUT2D eigenvalue weighted by Crippen LogP contribution is 2.26. The van der Waals surface area contributed by atoms with Crippen LogP contribution in [0.15, 0.2) is 18.2 Å². The van der Waals surface area contributed by atoms with E-state index in [9.17, 15) is 5.11 Å². The number of aromatic hydroxyl groups is 1. The van der Waals surface area contributed by atoms with Crippen LogP contribution in [0.4, 0.5) is 0 Å². The Kier molecular flexibility index (Phi) is 4.43. The topological polar surface area (TPSA) is 32.7 Å². The Labute approximate surface area is 91.3 Å². The van der Waals surface area contributed by atoms with Gasteiger partial charge in [0.25, 0.3) is 0 Å². The molecule has 3 nitrogen and oxygen atoms in total. The molecule has 3 heteroatoms. The molecule has 0 heterocycles. The quantitative estimate of drug-likeness (QED) is 0.804. The number of methoxy groups -OCH3 is 1. The summed E-state index contributed by atoms with van der Waals surface area (Å²) in [7, 11) is 5.70. The zero-order chi connectivity index (χ0) is 11.3. The van der Waals surface area contributed by atoms with Crippen LogP contribution in [-0.4, -0.2) is 37.8 Å². The fourth-order valence-corrected chi connectivity index (χ4v) is 1.48. The Morgan fingerprint density at radius 2 is 2.07 bits per heavy atom. The summed E-state index contributed by atoms with van der Waals surface area (Å²) in [4.78, 5) is 2.16. The number of rotatable bonds is 5. The molecule has 0 saturated heterocycles. The van der Waals surface area contributed by atoms with Crippen LogP contribution in [0.2, 0.25) is 0 Å². The molecule has 1 rings (SSSR count). The van der Waals surface area contributed by atoms with Crippen molar-refractivity contribution in [3.63, 3.8) is 0 Å². The first-order chi connectivity index (χ1) is 7.13. The lowest BCUT2D eigenvalue weighted by Gasteiger charge is -2.10. The zero-order valence-corrected chi connectivity index (χ0v) is 9.66. The van der Waals surface area contributed by atoms with Gasteiger partial charge >= 0.3 is 0 Å². The summed E-state index contributed by atoms with van der Waals surface area (Å²) >= 11 is 0. The summed E-state index contributed by atoms with van der Waals surface area (Å²) in [5.41, 5.74) is 1.20. The van der Waals surface area contributed by atoms with Gasteiger partial charge in [0, 0.05) is 0 Å². The number of hydrogen-bond acceptors (Lipinski definition) is 3. The van der Waals surface area contributed by atoms with E-state index in [0.29, 0.717) is 5.75 Å². The second-order valence-corrected chi connectivity index (χ2v) is 3.91. The van der Waals surface area contributed by atoms with Gasteiger partial charge in [-0.1, -0.05) is 6.07 Å². The Balaban J connectivity index is 2.54. The number of benzene rings is 1. The van der Waals surface area contributed by atoms with E-state index in [1.807, 2.05) is 12.1 Å². The molecule has 0 aromatic heterocycles. The van der Waals surface area contributed by atoms with E-state index < -0.39 is 0 Å². The molecule has 0 spiro atoms. The maximum absolute atomic E-state index is 9.42. The van der Waals surface area contributed by atoms with Gasteiger partial charge in [0.2, 0.25) is 0 Å². The van der Waals surface area contributed by atoms with Crippen molar-refractivity contribution >= 4 is 0 Å². The average Bonchev–Trinajstić information content (AvgIpc) is 2.20. The number of aryl methyl sites for hydroxylation is 1. The molecule has 0 radical (unpaired) electrons. The minimum Gasteiger partial charge on any atom is -0.504 e. The van der Waals surface area contributed by atoms with Gasteiger partial charge in [0.15, 0.2) is 11.5 Å². The van der Waals surface area contributed by atoms with Crippen molar-refractivity contribution in [1.82, 2.24) is 4.90 Å². The van der Waals surface area contributed by atoms with Gasteiger partial charge in [-0.15, -0.1) is 0 Å². The minimum absolute atomic E-state index is 0.203. The van der Waals surface area contributed by atoms with Crippen LogP contribution in [-0.2, 0) is 6.42 Å². The van der Waals surface area contributed by atoms with Gasteiger partial charge in [0.05, 0.1) is 7.11 Å². The predicted octanol–water partition coefficient (Wildman–Crippen LogP) is 1.90. The third kappa shape index (κ3) is 3.80. The summed E-state index contributed by atoms with van der Waals surface area (Å²) < 4.78 is 5.05. The van der Waals surface area contributed by atoms with Crippen LogP contribution < -0.4 is 4.74 Å². The molecule has 15 heavy (non-hydrogen) atoms. The van der Waals surface area contributed by atoms with E-state index in [0.717, 1.165) is 19.4 Å². The molecule has 0 amide bonds. The highest BCUT2D eigenvalue weighted by atomic mass is 16.5. The lowest BCUT2D eigenvalue weighted by atomic mass is 10.1. The molecular formula is C12H19NO2. The number of hydrogen-bond donors (Lipinski definition) is 1. The number of nitrogens with zero attached hydrogens (tertiary/aromatic N) is 1. The first-order valence-corrected chi connectivity index (χ1v) is 5.14. The highest BCUT2D eigenvalue weighted by molar-refractivity contribution is 5.41. The molecule has 0 aliphatic heterocycles. The molecule has 1 aromatic carbocycles. The summed E-state index contributed by atoms with van der Waals surface area (Å²) in [5, 5.41) is 9.42. The molecule has 1 N–H and O–H groups in total. The van der Waals surface area contributed by atoms with Gasteiger partial charge < -0.3 is 14.7 Å². The van der Waals surface area contributed by atoms with Gasteiger partial charge in [-0.3, -0.25) is 0 Å². The first-order valence-electron chi connectivity index (χ1n) is 5.14. The maximum atomic E-state index is 9.42. The summed E-state index contributed by atoms with van der Waals surface area (Å²) in [5.74, 6) is 0.756. The van der Waals surface area contributed by atoms with E-state index in [4.69, 9.17) is 4.74 Å². The van der Waals surface area contributed by atoms with Crippen molar-refractivity contribution in [2.45, 2.75) is 12.8 Å². The molecule has 0 fully saturated rings. The van der Waals surface area contributed by atoms with Crippen LogP contribution in [0.1, 0.15) is 12.0 Å². The molecule has 1 aromatic rings. The maximum Gasteiger partial charge on any atom is 0.160 e. The van der Waals surface area contributed by atoms with E-state index in [2.05, 4.69) is 19.0 Å². The van der Waals surface area contributed by atoms with Crippen molar-refractivity contribution in [3.05, 3.63) is 23.8 Å². The Bertz CT molecular complexity index is 310. The average molecular weight is 209 g/mol. The van der Waals surface area contributed by atoms with E-state index >= 15 is 0 Å². The van der Waals surface area contributed by atoms with E-state index in [-0.39, 0.29) is 5.75 Å². The second-order valence-electron chi connectivity index (χ2n) is 3.91. The summed E-state index contributed by atoms with van der Waals surface area (Å²) in [6, 6.07) is 5.52. The fraction of sp³-hybridized carbons (Fsp3) is 0.500. The largest absolute Gasteiger partial charge is 0.504 e. The standard InChI is InChI=1S/C12H19NO2/c1-13(2)8-4-5-10-6-7-11(14)12(9-10)15-3/h6-7,9,14H,4-5,8H2,1-3H3.